The molecule has 38 heavy (non-hydrogen) atoms. The van der Waals surface area contributed by atoms with Gasteiger partial charge in [-0.2, -0.15) is 4.72 Å². The SMILES string of the molecule is COCCN(CC(=O)O)C(=O)[C@H](CCCN=C(N)N)NS(=O)(=O)c1ccc2sc3ccccc3c2c1.N#N. The predicted octanol–water partition coefficient (Wildman–Crippen LogP) is 1.34. The Labute approximate surface area is 223 Å². The molecule has 0 aliphatic rings. The number of hydrogen-bond donors (Lipinski definition) is 4. The molecule has 0 saturated carbocycles. The molecule has 204 valence electrons. The second kappa shape index (κ2) is 14.2. The number of benzene rings is 2. The molecule has 1 atom stereocenters. The number of carbonyl (C=O) groups is 2. The summed E-state index contributed by atoms with van der Waals surface area (Å²) in [5, 5.41) is 23.0. The summed E-state index contributed by atoms with van der Waals surface area (Å²) in [5.41, 5.74) is 10.7. The van der Waals surface area contributed by atoms with Gasteiger partial charge in [0.05, 0.1) is 11.5 Å². The molecule has 0 aliphatic heterocycles. The Morgan fingerprint density at radius 2 is 1.84 bits per heavy atom. The molecule has 0 spiro atoms. The highest BCUT2D eigenvalue weighted by atomic mass is 32.2. The number of fused-ring (bicyclic) bond motifs is 3. The Morgan fingerprint density at radius 3 is 2.50 bits per heavy atom. The number of thiophene rings is 1. The van der Waals surface area contributed by atoms with E-state index in [2.05, 4.69) is 9.71 Å². The molecule has 1 heterocycles. The van der Waals surface area contributed by atoms with Crippen LogP contribution in [-0.4, -0.2) is 75.7 Å². The van der Waals surface area contributed by atoms with Crippen molar-refractivity contribution >= 4 is 59.4 Å². The van der Waals surface area contributed by atoms with E-state index in [0.29, 0.717) is 0 Å². The second-order valence-corrected chi connectivity index (χ2v) is 10.8. The Hall–Kier alpha value is -3.84. The smallest absolute Gasteiger partial charge is 0.323 e. The van der Waals surface area contributed by atoms with Gasteiger partial charge in [-0.3, -0.25) is 14.6 Å². The molecular weight excluding hydrogens is 534 g/mol. The number of aliphatic carboxylic acids is 1. The Kier molecular flexibility index (Phi) is 11.3. The number of ether oxygens (including phenoxy) is 1. The summed E-state index contributed by atoms with van der Waals surface area (Å²) in [4.78, 5) is 29.5. The van der Waals surface area contributed by atoms with Gasteiger partial charge in [0, 0.05) is 51.2 Å². The van der Waals surface area contributed by atoms with E-state index in [1.165, 1.54) is 13.2 Å². The zero-order chi connectivity index (χ0) is 28.3. The van der Waals surface area contributed by atoms with Gasteiger partial charge in [-0.05, 0) is 37.1 Å². The van der Waals surface area contributed by atoms with Gasteiger partial charge in [0.15, 0.2) is 5.96 Å². The van der Waals surface area contributed by atoms with Crippen molar-refractivity contribution in [2.75, 3.05) is 33.4 Å². The normalized spacial score (nSPS) is 11.9. The maximum absolute atomic E-state index is 13.4. The van der Waals surface area contributed by atoms with Crippen LogP contribution < -0.4 is 16.2 Å². The van der Waals surface area contributed by atoms with Crippen LogP contribution in [0.5, 0.6) is 0 Å². The van der Waals surface area contributed by atoms with Gasteiger partial charge >= 0.3 is 5.97 Å². The third-order valence-corrected chi connectivity index (χ3v) is 8.02. The monoisotopic (exact) mass is 563 g/mol. The van der Waals surface area contributed by atoms with Gasteiger partial charge in [-0.25, -0.2) is 8.42 Å². The van der Waals surface area contributed by atoms with E-state index in [4.69, 9.17) is 27.0 Å². The average Bonchev–Trinajstić information content (AvgIpc) is 3.26. The number of guanidine groups is 1. The lowest BCUT2D eigenvalue weighted by molar-refractivity contribution is -0.145. The van der Waals surface area contributed by atoms with E-state index in [-0.39, 0.29) is 43.4 Å². The first-order valence-corrected chi connectivity index (χ1v) is 13.6. The highest BCUT2D eigenvalue weighted by Crippen LogP contribution is 2.34. The van der Waals surface area contributed by atoms with Gasteiger partial charge in [0.1, 0.15) is 12.6 Å². The molecule has 15 heteroatoms. The molecule has 0 fully saturated rings. The van der Waals surface area contributed by atoms with Crippen molar-refractivity contribution in [2.45, 2.75) is 23.8 Å². The average molecular weight is 564 g/mol. The van der Waals surface area contributed by atoms with Crippen molar-refractivity contribution < 1.29 is 27.9 Å². The number of aliphatic imine (C=N–C) groups is 1. The van der Waals surface area contributed by atoms with Crippen molar-refractivity contribution in [3.05, 3.63) is 42.5 Å². The number of carboxylic acid groups (broad SMARTS) is 1. The fourth-order valence-corrected chi connectivity index (χ4v) is 6.05. The van der Waals surface area contributed by atoms with Crippen LogP contribution in [-0.2, 0) is 24.3 Å². The van der Waals surface area contributed by atoms with Crippen LogP contribution in [0.25, 0.3) is 20.2 Å². The van der Waals surface area contributed by atoms with Crippen molar-refractivity contribution in [2.24, 2.45) is 16.5 Å². The quantitative estimate of drug-likeness (QED) is 0.101. The number of carbonyl (C=O) groups excluding carboxylic acids is 1. The van der Waals surface area contributed by atoms with Gasteiger partial charge in [0.2, 0.25) is 15.9 Å². The molecule has 0 bridgehead atoms. The first-order chi connectivity index (χ1) is 18.1. The number of sulfonamides is 1. The van der Waals surface area contributed by atoms with Gasteiger partial charge in [0.25, 0.3) is 0 Å². The topological polar surface area (TPSA) is 225 Å². The van der Waals surface area contributed by atoms with E-state index in [1.807, 2.05) is 24.3 Å². The number of nitrogens with two attached hydrogens (primary N) is 2. The van der Waals surface area contributed by atoms with Crippen LogP contribution in [0.1, 0.15) is 12.8 Å². The molecule has 0 radical (unpaired) electrons. The molecule has 6 N–H and O–H groups in total. The van der Waals surface area contributed by atoms with Crippen LogP contribution in [0.15, 0.2) is 52.4 Å². The molecule has 1 amide bonds. The number of carboxylic acids is 1. The van der Waals surface area contributed by atoms with Crippen LogP contribution >= 0.6 is 11.3 Å². The zero-order valence-corrected chi connectivity index (χ0v) is 22.2. The molecule has 0 saturated heterocycles. The standard InChI is InChI=1S/C23H29N5O6S2.N2/c1-34-12-11-28(14-21(29)30)22(31)18(6-4-10-26-23(24)25)27-36(32,33)15-8-9-20-17(13-15)16-5-2-3-7-19(16)35-20;1-2/h2-3,5,7-9,13,18,27H,4,6,10-12,14H2,1H3,(H,29,30)(H4,24,25,26);/t18-;/m0./s1. The lowest BCUT2D eigenvalue weighted by Crippen LogP contribution is -2.50. The lowest BCUT2D eigenvalue weighted by atomic mass is 10.1. The highest BCUT2D eigenvalue weighted by molar-refractivity contribution is 7.89. The van der Waals surface area contributed by atoms with E-state index in [0.717, 1.165) is 25.1 Å². The van der Waals surface area contributed by atoms with Crippen molar-refractivity contribution in [3.63, 3.8) is 0 Å². The third kappa shape index (κ3) is 8.08. The number of methoxy groups -OCH3 is 1. The molecule has 2 aromatic carbocycles. The molecular formula is C23H29N7O6S2. The van der Waals surface area contributed by atoms with E-state index >= 15 is 0 Å². The van der Waals surface area contributed by atoms with Gasteiger partial charge in [-0.1, -0.05) is 18.2 Å². The summed E-state index contributed by atoms with van der Waals surface area (Å²) < 4.78 is 36.1. The number of nitrogens with one attached hydrogen (secondary N) is 1. The fraction of sp³-hybridized carbons (Fsp3) is 0.348. The zero-order valence-electron chi connectivity index (χ0n) is 20.6. The molecule has 0 aliphatic carbocycles. The van der Waals surface area contributed by atoms with Crippen LogP contribution in [0.4, 0.5) is 0 Å². The van der Waals surface area contributed by atoms with Gasteiger partial charge < -0.3 is 26.2 Å². The Bertz CT molecular complexity index is 1420. The highest BCUT2D eigenvalue weighted by Gasteiger charge is 2.30. The van der Waals surface area contributed by atoms with E-state index < -0.39 is 34.5 Å². The Balaban J connectivity index is 0.00000247. The number of amides is 1. The molecule has 0 unspecified atom stereocenters. The number of rotatable bonds is 13. The summed E-state index contributed by atoms with van der Waals surface area (Å²) in [7, 11) is -2.72. The molecule has 1 aromatic heterocycles. The van der Waals surface area contributed by atoms with Gasteiger partial charge in [-0.15, -0.1) is 11.3 Å². The number of hydrogen-bond acceptors (Lipinski definition) is 9. The second-order valence-electron chi connectivity index (χ2n) is 8.03. The largest absolute Gasteiger partial charge is 0.480 e. The maximum atomic E-state index is 13.4. The summed E-state index contributed by atoms with van der Waals surface area (Å²) in [6, 6.07) is 11.3. The number of nitrogens with zero attached hydrogens (tertiary/aromatic N) is 4. The summed E-state index contributed by atoms with van der Waals surface area (Å²) in [6.45, 7) is -0.339. The first-order valence-electron chi connectivity index (χ1n) is 11.3. The van der Waals surface area contributed by atoms with Crippen molar-refractivity contribution in [1.29, 1.82) is 10.8 Å². The molecule has 3 aromatic rings. The maximum Gasteiger partial charge on any atom is 0.323 e. The third-order valence-electron chi connectivity index (χ3n) is 5.40. The van der Waals surface area contributed by atoms with Crippen LogP contribution in [0.3, 0.4) is 0 Å². The Morgan fingerprint density at radius 1 is 1.16 bits per heavy atom. The minimum Gasteiger partial charge on any atom is -0.480 e. The minimum atomic E-state index is -4.14. The van der Waals surface area contributed by atoms with E-state index in [1.54, 1.807) is 23.5 Å². The lowest BCUT2D eigenvalue weighted by Gasteiger charge is -2.26. The fourth-order valence-electron chi connectivity index (χ4n) is 3.72. The van der Waals surface area contributed by atoms with Crippen LogP contribution in [0, 0.1) is 10.8 Å². The first kappa shape index (κ1) is 30.4. The van der Waals surface area contributed by atoms with E-state index in [9.17, 15) is 23.1 Å². The predicted molar refractivity (Wildman–Crippen MR) is 143 cm³/mol. The summed E-state index contributed by atoms with van der Waals surface area (Å²) >= 11 is 1.56. The summed E-state index contributed by atoms with van der Waals surface area (Å²) in [6.07, 6.45) is 0.345. The van der Waals surface area contributed by atoms with Crippen molar-refractivity contribution in [3.8, 4) is 0 Å². The van der Waals surface area contributed by atoms with Crippen LogP contribution in [0.2, 0.25) is 0 Å². The minimum absolute atomic E-state index is 0.00209. The molecule has 13 nitrogen and oxygen atoms in total. The molecule has 3 rings (SSSR count). The summed E-state index contributed by atoms with van der Waals surface area (Å²) in [5.74, 6) is -2.02. The van der Waals surface area contributed by atoms with Crippen molar-refractivity contribution in [1.82, 2.24) is 9.62 Å².